The van der Waals surface area contributed by atoms with Crippen LogP contribution in [-0.4, -0.2) is 17.4 Å². The van der Waals surface area contributed by atoms with Gasteiger partial charge in [0.15, 0.2) is 0 Å². The first-order valence-corrected chi connectivity index (χ1v) is 6.73. The third-order valence-electron chi connectivity index (χ3n) is 2.65. The lowest BCUT2D eigenvalue weighted by Gasteiger charge is -2.17. The van der Waals surface area contributed by atoms with Gasteiger partial charge in [-0.3, -0.25) is 9.78 Å². The fourth-order valence-electron chi connectivity index (χ4n) is 1.86. The Morgan fingerprint density at radius 2 is 2.05 bits per heavy atom. The van der Waals surface area contributed by atoms with E-state index in [4.69, 9.17) is 0 Å². The number of nitrogens with zero attached hydrogens (tertiary/aromatic N) is 1. The summed E-state index contributed by atoms with van der Waals surface area (Å²) in [6, 6.07) is 3.16. The molecule has 1 aromatic rings. The number of halogens is 1. The van der Waals surface area contributed by atoms with Gasteiger partial charge in [0.05, 0.1) is 5.69 Å². The van der Waals surface area contributed by atoms with E-state index in [1.165, 1.54) is 6.07 Å². The zero-order chi connectivity index (χ0) is 14.5. The molecule has 0 spiro atoms. The Bertz CT molecular complexity index is 438. The Kier molecular flexibility index (Phi) is 5.45. The van der Waals surface area contributed by atoms with Crippen LogP contribution in [0.2, 0.25) is 0 Å². The van der Waals surface area contributed by atoms with Crippen LogP contribution in [0.25, 0.3) is 0 Å². The van der Waals surface area contributed by atoms with Gasteiger partial charge in [-0.05, 0) is 30.9 Å². The molecule has 0 saturated carbocycles. The van der Waals surface area contributed by atoms with E-state index in [0.717, 1.165) is 12.1 Å². The standard InChI is InChI=1S/C15H23FN2O/c1-5-17-14(19)9-8-13-12(16)7-6-11(18-13)10-15(2,3)4/h6-7H,5,8-10H2,1-4H3,(H,17,19). The predicted molar refractivity (Wildman–Crippen MR) is 74.4 cm³/mol. The molecule has 0 saturated heterocycles. The molecule has 106 valence electrons. The van der Waals surface area contributed by atoms with Crippen LogP contribution < -0.4 is 5.32 Å². The summed E-state index contributed by atoms with van der Waals surface area (Å²) in [7, 11) is 0. The lowest BCUT2D eigenvalue weighted by molar-refractivity contribution is -0.120. The van der Waals surface area contributed by atoms with E-state index < -0.39 is 0 Å². The first kappa shape index (κ1) is 15.6. The normalized spacial score (nSPS) is 11.4. The van der Waals surface area contributed by atoms with Crippen LogP contribution in [0, 0.1) is 11.2 Å². The topological polar surface area (TPSA) is 42.0 Å². The van der Waals surface area contributed by atoms with Gasteiger partial charge in [0.2, 0.25) is 5.91 Å². The van der Waals surface area contributed by atoms with Crippen molar-refractivity contribution in [1.82, 2.24) is 10.3 Å². The second-order valence-electron chi connectivity index (χ2n) is 5.92. The van der Waals surface area contributed by atoms with Crippen LogP contribution in [-0.2, 0) is 17.6 Å². The van der Waals surface area contributed by atoms with Crippen LogP contribution in [0.5, 0.6) is 0 Å². The number of rotatable bonds is 5. The molecule has 1 rings (SSSR count). The van der Waals surface area contributed by atoms with E-state index >= 15 is 0 Å². The van der Waals surface area contributed by atoms with E-state index in [-0.39, 0.29) is 23.6 Å². The molecule has 1 N–H and O–H groups in total. The first-order chi connectivity index (χ1) is 8.81. The van der Waals surface area contributed by atoms with Gasteiger partial charge in [-0.15, -0.1) is 0 Å². The molecule has 1 amide bonds. The highest BCUT2D eigenvalue weighted by Crippen LogP contribution is 2.20. The van der Waals surface area contributed by atoms with Crippen LogP contribution in [0.3, 0.4) is 0 Å². The minimum absolute atomic E-state index is 0.0649. The molecule has 0 unspecified atom stereocenters. The summed E-state index contributed by atoms with van der Waals surface area (Å²) in [5, 5.41) is 2.70. The molecule has 4 heteroatoms. The van der Waals surface area contributed by atoms with Gasteiger partial charge in [0.25, 0.3) is 0 Å². The Morgan fingerprint density at radius 3 is 2.63 bits per heavy atom. The molecule has 0 aliphatic rings. The molecule has 0 radical (unpaired) electrons. The van der Waals surface area contributed by atoms with E-state index in [0.29, 0.717) is 18.7 Å². The van der Waals surface area contributed by atoms with Crippen LogP contribution in [0.4, 0.5) is 4.39 Å². The molecule has 0 fully saturated rings. The Balaban J connectivity index is 2.72. The van der Waals surface area contributed by atoms with E-state index in [2.05, 4.69) is 31.1 Å². The van der Waals surface area contributed by atoms with Gasteiger partial charge >= 0.3 is 0 Å². The van der Waals surface area contributed by atoms with Crippen molar-refractivity contribution in [1.29, 1.82) is 0 Å². The van der Waals surface area contributed by atoms with Gasteiger partial charge in [-0.25, -0.2) is 4.39 Å². The number of hydrogen-bond donors (Lipinski definition) is 1. The summed E-state index contributed by atoms with van der Waals surface area (Å²) < 4.78 is 13.6. The first-order valence-electron chi connectivity index (χ1n) is 6.73. The third kappa shape index (κ3) is 5.81. The Hall–Kier alpha value is -1.45. The summed E-state index contributed by atoms with van der Waals surface area (Å²) in [5.74, 6) is -0.396. The van der Waals surface area contributed by atoms with Crippen molar-refractivity contribution in [3.63, 3.8) is 0 Å². The van der Waals surface area contributed by atoms with E-state index in [1.807, 2.05) is 6.92 Å². The second-order valence-corrected chi connectivity index (χ2v) is 5.92. The lowest BCUT2D eigenvalue weighted by Crippen LogP contribution is -2.23. The lowest BCUT2D eigenvalue weighted by atomic mass is 9.90. The van der Waals surface area contributed by atoms with Gasteiger partial charge in [-0.1, -0.05) is 20.8 Å². The highest BCUT2D eigenvalue weighted by molar-refractivity contribution is 5.75. The quantitative estimate of drug-likeness (QED) is 0.890. The minimum atomic E-state index is -0.332. The fourth-order valence-corrected chi connectivity index (χ4v) is 1.86. The summed E-state index contributed by atoms with van der Waals surface area (Å²) >= 11 is 0. The molecule has 0 aliphatic carbocycles. The van der Waals surface area contributed by atoms with Gasteiger partial charge in [0, 0.05) is 25.1 Å². The minimum Gasteiger partial charge on any atom is -0.356 e. The van der Waals surface area contributed by atoms with Crippen molar-refractivity contribution in [2.24, 2.45) is 5.41 Å². The SMILES string of the molecule is CCNC(=O)CCc1nc(CC(C)(C)C)ccc1F. The zero-order valence-electron chi connectivity index (χ0n) is 12.2. The van der Waals surface area contributed by atoms with Crippen LogP contribution in [0.15, 0.2) is 12.1 Å². The summed E-state index contributed by atoms with van der Waals surface area (Å²) in [4.78, 5) is 15.7. The van der Waals surface area contributed by atoms with Crippen molar-refractivity contribution in [3.05, 3.63) is 29.3 Å². The van der Waals surface area contributed by atoms with Crippen molar-refractivity contribution < 1.29 is 9.18 Å². The molecule has 1 heterocycles. The molecular formula is C15H23FN2O. The predicted octanol–water partition coefficient (Wildman–Crippen LogP) is 2.88. The highest BCUT2D eigenvalue weighted by Gasteiger charge is 2.14. The molecule has 0 aromatic carbocycles. The number of aryl methyl sites for hydroxylation is 1. The van der Waals surface area contributed by atoms with E-state index in [9.17, 15) is 9.18 Å². The highest BCUT2D eigenvalue weighted by atomic mass is 19.1. The molecule has 3 nitrogen and oxygen atoms in total. The average Bonchev–Trinajstić information content (AvgIpc) is 2.28. The maximum Gasteiger partial charge on any atom is 0.220 e. The molecule has 19 heavy (non-hydrogen) atoms. The number of carbonyl (C=O) groups excluding carboxylic acids is 1. The number of hydrogen-bond acceptors (Lipinski definition) is 2. The molecule has 0 aliphatic heterocycles. The van der Waals surface area contributed by atoms with Crippen molar-refractivity contribution in [2.45, 2.75) is 47.0 Å². The van der Waals surface area contributed by atoms with Crippen molar-refractivity contribution in [2.75, 3.05) is 6.54 Å². The second kappa shape index (κ2) is 6.64. The number of pyridine rings is 1. The summed E-state index contributed by atoms with van der Waals surface area (Å²) in [6.45, 7) is 8.81. The van der Waals surface area contributed by atoms with Gasteiger partial charge in [-0.2, -0.15) is 0 Å². The monoisotopic (exact) mass is 266 g/mol. The molecule has 0 bridgehead atoms. The van der Waals surface area contributed by atoms with Crippen LogP contribution in [0.1, 0.15) is 45.5 Å². The van der Waals surface area contributed by atoms with E-state index in [1.54, 1.807) is 6.07 Å². The third-order valence-corrected chi connectivity index (χ3v) is 2.65. The number of carbonyl (C=O) groups is 1. The molecule has 1 aromatic heterocycles. The Labute approximate surface area is 114 Å². The summed E-state index contributed by atoms with van der Waals surface area (Å²) in [5.41, 5.74) is 1.37. The largest absolute Gasteiger partial charge is 0.356 e. The number of nitrogens with one attached hydrogen (secondary N) is 1. The van der Waals surface area contributed by atoms with Gasteiger partial charge in [0.1, 0.15) is 5.82 Å². The maximum absolute atomic E-state index is 13.6. The van der Waals surface area contributed by atoms with Gasteiger partial charge < -0.3 is 5.32 Å². The zero-order valence-corrected chi connectivity index (χ0v) is 12.2. The Morgan fingerprint density at radius 1 is 1.37 bits per heavy atom. The molecular weight excluding hydrogens is 243 g/mol. The number of aromatic nitrogens is 1. The average molecular weight is 266 g/mol. The molecule has 0 atom stereocenters. The number of amides is 1. The smallest absolute Gasteiger partial charge is 0.220 e. The van der Waals surface area contributed by atoms with Crippen LogP contribution >= 0.6 is 0 Å². The van der Waals surface area contributed by atoms with Crippen molar-refractivity contribution in [3.8, 4) is 0 Å². The summed E-state index contributed by atoms with van der Waals surface area (Å²) in [6.07, 6.45) is 1.41. The van der Waals surface area contributed by atoms with Crippen molar-refractivity contribution >= 4 is 5.91 Å². The fraction of sp³-hybridized carbons (Fsp3) is 0.600. The maximum atomic E-state index is 13.6.